The molecule has 1 amide bonds. The fourth-order valence-electron chi connectivity index (χ4n) is 3.08. The number of carbonyl (C=O) groups is 1. The van der Waals surface area contributed by atoms with Gasteiger partial charge in [-0.1, -0.05) is 79.8 Å². The summed E-state index contributed by atoms with van der Waals surface area (Å²) in [4.78, 5) is 17.0. The van der Waals surface area contributed by atoms with Crippen LogP contribution in [0.4, 0.5) is 5.13 Å². The molecule has 130 valence electrons. The number of amides is 1. The lowest BCUT2D eigenvalue weighted by Gasteiger charge is -2.06. The van der Waals surface area contributed by atoms with Gasteiger partial charge in [-0.3, -0.25) is 4.79 Å². The molecular weight excluding hydrogens is 340 g/mol. The zero-order chi connectivity index (χ0) is 18.1. The average molecular weight is 360 g/mol. The Morgan fingerprint density at radius 1 is 1.04 bits per heavy atom. The van der Waals surface area contributed by atoms with Gasteiger partial charge in [-0.25, -0.2) is 4.98 Å². The number of hydrogen-bond donors (Lipinski definition) is 1. The first-order chi connectivity index (χ1) is 12.6. The molecule has 0 saturated carbocycles. The van der Waals surface area contributed by atoms with E-state index < -0.39 is 0 Å². The molecule has 0 aliphatic heterocycles. The lowest BCUT2D eigenvalue weighted by molar-refractivity contribution is -0.115. The molecular formula is C22H20N2OS. The predicted octanol–water partition coefficient (Wildman–Crippen LogP) is 5.75. The second kappa shape index (κ2) is 6.89. The summed E-state index contributed by atoms with van der Waals surface area (Å²) in [6.45, 7) is 4.33. The van der Waals surface area contributed by atoms with Gasteiger partial charge in [0.05, 0.1) is 16.6 Å². The van der Waals surface area contributed by atoms with Crippen LogP contribution in [0.1, 0.15) is 30.9 Å². The van der Waals surface area contributed by atoms with Crippen LogP contribution in [0, 0.1) is 0 Å². The van der Waals surface area contributed by atoms with Crippen molar-refractivity contribution in [3.63, 3.8) is 0 Å². The molecule has 0 unspecified atom stereocenters. The van der Waals surface area contributed by atoms with E-state index in [0.29, 0.717) is 17.5 Å². The van der Waals surface area contributed by atoms with Crippen molar-refractivity contribution in [2.45, 2.75) is 26.2 Å². The van der Waals surface area contributed by atoms with Crippen molar-refractivity contribution >= 4 is 43.4 Å². The van der Waals surface area contributed by atoms with Crippen LogP contribution in [0.25, 0.3) is 21.0 Å². The molecule has 0 spiro atoms. The third-order valence-electron chi connectivity index (χ3n) is 4.54. The van der Waals surface area contributed by atoms with Crippen molar-refractivity contribution in [3.8, 4) is 0 Å². The van der Waals surface area contributed by atoms with Crippen LogP contribution in [0.2, 0.25) is 0 Å². The van der Waals surface area contributed by atoms with Crippen molar-refractivity contribution in [2.24, 2.45) is 0 Å². The summed E-state index contributed by atoms with van der Waals surface area (Å²) in [6, 6.07) is 20.6. The molecule has 1 N–H and O–H groups in total. The minimum absolute atomic E-state index is 0.0364. The monoisotopic (exact) mass is 360 g/mol. The summed E-state index contributed by atoms with van der Waals surface area (Å²) < 4.78 is 1.08. The molecule has 0 radical (unpaired) electrons. The van der Waals surface area contributed by atoms with Crippen LogP contribution in [0.5, 0.6) is 0 Å². The van der Waals surface area contributed by atoms with E-state index in [4.69, 9.17) is 0 Å². The van der Waals surface area contributed by atoms with Gasteiger partial charge in [0, 0.05) is 5.39 Å². The summed E-state index contributed by atoms with van der Waals surface area (Å²) >= 11 is 1.51. The van der Waals surface area contributed by atoms with Crippen molar-refractivity contribution in [2.75, 3.05) is 5.32 Å². The van der Waals surface area contributed by atoms with Crippen LogP contribution in [0.3, 0.4) is 0 Å². The summed E-state index contributed by atoms with van der Waals surface area (Å²) in [6.07, 6.45) is 0.356. The number of fused-ring (bicyclic) bond motifs is 3. The van der Waals surface area contributed by atoms with E-state index in [1.54, 1.807) is 0 Å². The van der Waals surface area contributed by atoms with Gasteiger partial charge in [0.1, 0.15) is 0 Å². The molecule has 4 rings (SSSR count). The Morgan fingerprint density at radius 3 is 2.58 bits per heavy atom. The van der Waals surface area contributed by atoms with Gasteiger partial charge < -0.3 is 5.32 Å². The molecule has 0 bridgehead atoms. The number of hydrogen-bond acceptors (Lipinski definition) is 3. The molecule has 0 saturated heterocycles. The highest BCUT2D eigenvalue weighted by Crippen LogP contribution is 2.31. The number of nitrogens with zero attached hydrogens (tertiary/aromatic N) is 1. The summed E-state index contributed by atoms with van der Waals surface area (Å²) in [7, 11) is 0. The van der Waals surface area contributed by atoms with Gasteiger partial charge in [0.15, 0.2) is 5.13 Å². The van der Waals surface area contributed by atoms with Gasteiger partial charge in [-0.15, -0.1) is 0 Å². The zero-order valence-electron chi connectivity index (χ0n) is 14.8. The smallest absolute Gasteiger partial charge is 0.230 e. The predicted molar refractivity (Wildman–Crippen MR) is 110 cm³/mol. The Morgan fingerprint density at radius 2 is 1.81 bits per heavy atom. The maximum absolute atomic E-state index is 12.4. The highest BCUT2D eigenvalue weighted by Gasteiger charge is 2.11. The number of rotatable bonds is 4. The van der Waals surface area contributed by atoms with Crippen molar-refractivity contribution in [1.82, 2.24) is 4.98 Å². The Hall–Kier alpha value is -2.72. The van der Waals surface area contributed by atoms with Gasteiger partial charge in [0.2, 0.25) is 5.91 Å². The Kier molecular flexibility index (Phi) is 4.43. The topological polar surface area (TPSA) is 42.0 Å². The molecule has 4 aromatic rings. The number of anilines is 1. The van der Waals surface area contributed by atoms with E-state index in [1.807, 2.05) is 24.3 Å². The van der Waals surface area contributed by atoms with E-state index in [-0.39, 0.29) is 5.91 Å². The Balaban J connectivity index is 1.53. The molecule has 4 heteroatoms. The van der Waals surface area contributed by atoms with Crippen LogP contribution in [-0.2, 0) is 11.2 Å². The molecule has 1 heterocycles. The lowest BCUT2D eigenvalue weighted by atomic mass is 10.0. The highest BCUT2D eigenvalue weighted by molar-refractivity contribution is 7.22. The fraction of sp³-hybridized carbons (Fsp3) is 0.182. The van der Waals surface area contributed by atoms with E-state index in [0.717, 1.165) is 26.6 Å². The van der Waals surface area contributed by atoms with E-state index in [2.05, 4.69) is 60.5 Å². The van der Waals surface area contributed by atoms with Crippen LogP contribution >= 0.6 is 11.3 Å². The van der Waals surface area contributed by atoms with E-state index in [1.165, 1.54) is 16.9 Å². The van der Waals surface area contributed by atoms with E-state index >= 15 is 0 Å². The molecule has 1 aromatic heterocycles. The first kappa shape index (κ1) is 16.7. The van der Waals surface area contributed by atoms with Gasteiger partial charge in [-0.2, -0.15) is 0 Å². The summed E-state index contributed by atoms with van der Waals surface area (Å²) in [5.74, 6) is 0.459. The highest BCUT2D eigenvalue weighted by atomic mass is 32.1. The number of benzene rings is 3. The van der Waals surface area contributed by atoms with Crippen molar-refractivity contribution in [1.29, 1.82) is 0 Å². The SMILES string of the molecule is CC(C)c1ccc(CC(=O)Nc2nc3c(ccc4ccccc43)s2)cc1. The van der Waals surface area contributed by atoms with Crippen LogP contribution < -0.4 is 5.32 Å². The zero-order valence-corrected chi connectivity index (χ0v) is 15.6. The lowest BCUT2D eigenvalue weighted by Crippen LogP contribution is -2.14. The van der Waals surface area contributed by atoms with Crippen molar-refractivity contribution < 1.29 is 4.79 Å². The molecule has 3 aromatic carbocycles. The maximum atomic E-state index is 12.4. The molecule has 3 nitrogen and oxygen atoms in total. The third kappa shape index (κ3) is 3.33. The number of carbonyl (C=O) groups excluding carboxylic acids is 1. The van der Waals surface area contributed by atoms with Crippen molar-refractivity contribution in [3.05, 3.63) is 71.8 Å². The number of aromatic nitrogens is 1. The molecule has 0 aliphatic carbocycles. The average Bonchev–Trinajstić information content (AvgIpc) is 3.05. The van der Waals surface area contributed by atoms with Gasteiger partial charge >= 0.3 is 0 Å². The Labute approximate surface area is 156 Å². The second-order valence-corrected chi connectivity index (χ2v) is 7.80. The number of nitrogens with one attached hydrogen (secondary N) is 1. The molecule has 26 heavy (non-hydrogen) atoms. The largest absolute Gasteiger partial charge is 0.302 e. The molecule has 0 aliphatic rings. The second-order valence-electron chi connectivity index (χ2n) is 6.77. The maximum Gasteiger partial charge on any atom is 0.230 e. The third-order valence-corrected chi connectivity index (χ3v) is 5.48. The molecule has 0 atom stereocenters. The standard InChI is InChI=1S/C22H20N2OS/c1-14(2)16-9-7-15(8-10-16)13-20(25)23-22-24-21-18-6-4-3-5-17(18)11-12-19(21)26-22/h3-12,14H,13H2,1-2H3,(H,23,24,25). The van der Waals surface area contributed by atoms with Gasteiger partial charge in [-0.05, 0) is 28.5 Å². The van der Waals surface area contributed by atoms with Crippen LogP contribution in [0.15, 0.2) is 60.7 Å². The Bertz CT molecular complexity index is 1080. The quantitative estimate of drug-likeness (QED) is 0.503. The van der Waals surface area contributed by atoms with E-state index in [9.17, 15) is 4.79 Å². The van der Waals surface area contributed by atoms with Crippen LogP contribution in [-0.4, -0.2) is 10.9 Å². The summed E-state index contributed by atoms with van der Waals surface area (Å²) in [5, 5.41) is 5.88. The minimum atomic E-state index is -0.0364. The normalized spacial score (nSPS) is 11.3. The first-order valence-electron chi connectivity index (χ1n) is 8.77. The fourth-order valence-corrected chi connectivity index (χ4v) is 3.98. The first-order valence-corrected chi connectivity index (χ1v) is 9.59. The van der Waals surface area contributed by atoms with Gasteiger partial charge in [0.25, 0.3) is 0 Å². The molecule has 0 fully saturated rings. The number of thiazole rings is 1. The summed E-state index contributed by atoms with van der Waals surface area (Å²) in [5.41, 5.74) is 3.25. The minimum Gasteiger partial charge on any atom is -0.302 e.